The first kappa shape index (κ1) is 11.4. The van der Waals surface area contributed by atoms with Crippen molar-refractivity contribution in [2.24, 2.45) is 0 Å². The van der Waals surface area contributed by atoms with Crippen molar-refractivity contribution in [1.82, 2.24) is 10.2 Å². The third-order valence-corrected chi connectivity index (χ3v) is 3.56. The fraction of sp³-hybridized carbons (Fsp3) is 0.200. The highest BCUT2D eigenvalue weighted by atomic mass is 32.2. The Labute approximate surface area is 102 Å². The van der Waals surface area contributed by atoms with Crippen LogP contribution in [0.1, 0.15) is 5.56 Å². The standard InChI is InChI=1S/C10H11N3OS2/c11-9-12-13-10(16-9)15-7-14-6-8-4-2-1-3-5-8/h1-5H,6-7H2,(H2,11,12). The molecule has 0 aliphatic carbocycles. The summed E-state index contributed by atoms with van der Waals surface area (Å²) in [6, 6.07) is 10.1. The summed E-state index contributed by atoms with van der Waals surface area (Å²) >= 11 is 2.88. The highest BCUT2D eigenvalue weighted by Crippen LogP contribution is 2.23. The molecule has 4 nitrogen and oxygen atoms in total. The highest BCUT2D eigenvalue weighted by Gasteiger charge is 2.01. The van der Waals surface area contributed by atoms with Gasteiger partial charge in [0.15, 0.2) is 4.34 Å². The van der Waals surface area contributed by atoms with Gasteiger partial charge in [-0.05, 0) is 5.56 Å². The van der Waals surface area contributed by atoms with E-state index in [1.165, 1.54) is 28.7 Å². The van der Waals surface area contributed by atoms with Gasteiger partial charge in [-0.15, -0.1) is 10.2 Å². The normalized spacial score (nSPS) is 10.5. The summed E-state index contributed by atoms with van der Waals surface area (Å²) in [4.78, 5) is 0. The van der Waals surface area contributed by atoms with Gasteiger partial charge in [-0.3, -0.25) is 0 Å². The van der Waals surface area contributed by atoms with E-state index in [1.54, 1.807) is 0 Å². The Morgan fingerprint density at radius 3 is 2.75 bits per heavy atom. The Hall–Kier alpha value is -1.11. The zero-order chi connectivity index (χ0) is 11.2. The zero-order valence-electron chi connectivity index (χ0n) is 8.50. The molecule has 0 unspecified atom stereocenters. The van der Waals surface area contributed by atoms with Gasteiger partial charge in [0.2, 0.25) is 5.13 Å². The number of rotatable bonds is 5. The van der Waals surface area contributed by atoms with Gasteiger partial charge in [0.1, 0.15) is 0 Å². The average molecular weight is 253 g/mol. The van der Waals surface area contributed by atoms with E-state index in [9.17, 15) is 0 Å². The first-order chi connectivity index (χ1) is 7.84. The van der Waals surface area contributed by atoms with Gasteiger partial charge in [0.05, 0.1) is 12.5 Å². The van der Waals surface area contributed by atoms with E-state index >= 15 is 0 Å². The van der Waals surface area contributed by atoms with Crippen LogP contribution in [0.15, 0.2) is 34.7 Å². The maximum Gasteiger partial charge on any atom is 0.203 e. The third kappa shape index (κ3) is 3.48. The van der Waals surface area contributed by atoms with Crippen LogP contribution >= 0.6 is 23.1 Å². The molecule has 0 fully saturated rings. The highest BCUT2D eigenvalue weighted by molar-refractivity contribution is 8.00. The van der Waals surface area contributed by atoms with E-state index in [1.807, 2.05) is 30.3 Å². The summed E-state index contributed by atoms with van der Waals surface area (Å²) in [5.74, 6) is 0.559. The van der Waals surface area contributed by atoms with Gasteiger partial charge in [-0.25, -0.2) is 0 Å². The lowest BCUT2D eigenvalue weighted by atomic mass is 10.2. The summed E-state index contributed by atoms with van der Waals surface area (Å²) in [5, 5.41) is 8.10. The number of anilines is 1. The number of nitrogens with two attached hydrogens (primary N) is 1. The molecular formula is C10H11N3OS2. The van der Waals surface area contributed by atoms with Crippen molar-refractivity contribution >= 4 is 28.2 Å². The van der Waals surface area contributed by atoms with Gasteiger partial charge >= 0.3 is 0 Å². The second kappa shape index (κ2) is 5.83. The fourth-order valence-corrected chi connectivity index (χ4v) is 2.45. The summed E-state index contributed by atoms with van der Waals surface area (Å²) in [6.07, 6.45) is 0. The summed E-state index contributed by atoms with van der Waals surface area (Å²) < 4.78 is 6.33. The monoisotopic (exact) mass is 253 g/mol. The molecule has 0 radical (unpaired) electrons. The van der Waals surface area contributed by atoms with Crippen LogP contribution in [0.4, 0.5) is 5.13 Å². The zero-order valence-corrected chi connectivity index (χ0v) is 10.1. The lowest BCUT2D eigenvalue weighted by Crippen LogP contribution is -1.91. The minimum atomic E-state index is 0.491. The molecule has 84 valence electrons. The van der Waals surface area contributed by atoms with Crippen LogP contribution in [0.25, 0.3) is 0 Å². The van der Waals surface area contributed by atoms with Crippen LogP contribution in [-0.2, 0) is 11.3 Å². The number of aromatic nitrogens is 2. The van der Waals surface area contributed by atoms with Crippen LogP contribution in [0.5, 0.6) is 0 Å². The number of nitrogens with zero attached hydrogens (tertiary/aromatic N) is 2. The largest absolute Gasteiger partial charge is 0.374 e. The molecule has 2 rings (SSSR count). The molecule has 0 amide bonds. The number of hydrogen-bond acceptors (Lipinski definition) is 6. The van der Waals surface area contributed by atoms with Crippen LogP contribution in [-0.4, -0.2) is 16.1 Å². The van der Waals surface area contributed by atoms with Crippen molar-refractivity contribution in [2.75, 3.05) is 11.7 Å². The van der Waals surface area contributed by atoms with E-state index in [0.717, 1.165) is 4.34 Å². The van der Waals surface area contributed by atoms with Crippen LogP contribution in [0.2, 0.25) is 0 Å². The molecule has 16 heavy (non-hydrogen) atoms. The maximum absolute atomic E-state index is 5.49. The third-order valence-electron chi connectivity index (χ3n) is 1.80. The van der Waals surface area contributed by atoms with E-state index < -0.39 is 0 Å². The van der Waals surface area contributed by atoms with Gasteiger partial charge < -0.3 is 10.5 Å². The average Bonchev–Trinajstić information content (AvgIpc) is 2.72. The lowest BCUT2D eigenvalue weighted by molar-refractivity contribution is 0.169. The Morgan fingerprint density at radius 2 is 2.06 bits per heavy atom. The van der Waals surface area contributed by atoms with Gasteiger partial charge in [-0.2, -0.15) is 0 Å². The van der Waals surface area contributed by atoms with E-state index in [0.29, 0.717) is 17.7 Å². The Balaban J connectivity index is 1.69. The first-order valence-electron chi connectivity index (χ1n) is 4.68. The summed E-state index contributed by atoms with van der Waals surface area (Å²) in [5.41, 5.74) is 6.63. The number of benzene rings is 1. The van der Waals surface area contributed by atoms with Crippen LogP contribution in [0.3, 0.4) is 0 Å². The molecule has 0 atom stereocenters. The fourth-order valence-electron chi connectivity index (χ4n) is 1.10. The molecule has 0 aliphatic heterocycles. The molecule has 1 aromatic heterocycles. The molecule has 0 spiro atoms. The number of hydrogen-bond donors (Lipinski definition) is 1. The van der Waals surface area contributed by atoms with Crippen molar-refractivity contribution < 1.29 is 4.74 Å². The predicted molar refractivity (Wildman–Crippen MR) is 66.3 cm³/mol. The van der Waals surface area contributed by atoms with Gasteiger partial charge in [0.25, 0.3) is 0 Å². The van der Waals surface area contributed by atoms with Crippen LogP contribution in [0, 0.1) is 0 Å². The molecule has 0 bridgehead atoms. The second-order valence-corrected chi connectivity index (χ2v) is 5.18. The summed E-state index contributed by atoms with van der Waals surface area (Å²) in [7, 11) is 0. The number of thioether (sulfide) groups is 1. The van der Waals surface area contributed by atoms with Crippen molar-refractivity contribution in [2.45, 2.75) is 10.9 Å². The molecular weight excluding hydrogens is 242 g/mol. The Bertz CT molecular complexity index is 433. The topological polar surface area (TPSA) is 61.0 Å². The molecule has 1 heterocycles. The second-order valence-electron chi connectivity index (χ2n) is 3.00. The quantitative estimate of drug-likeness (QED) is 0.503. The van der Waals surface area contributed by atoms with Crippen LogP contribution < -0.4 is 5.73 Å². The van der Waals surface area contributed by atoms with Gasteiger partial charge in [-0.1, -0.05) is 53.4 Å². The Kier molecular flexibility index (Phi) is 4.15. The van der Waals surface area contributed by atoms with Crippen molar-refractivity contribution in [3.05, 3.63) is 35.9 Å². The first-order valence-corrected chi connectivity index (χ1v) is 6.48. The predicted octanol–water partition coefficient (Wildman–Crippen LogP) is 2.39. The molecule has 6 heteroatoms. The van der Waals surface area contributed by atoms with Crippen molar-refractivity contribution in [3.63, 3.8) is 0 Å². The lowest BCUT2D eigenvalue weighted by Gasteiger charge is -2.01. The molecule has 0 aliphatic rings. The molecule has 0 saturated heterocycles. The molecule has 1 aromatic carbocycles. The van der Waals surface area contributed by atoms with Gasteiger partial charge in [0, 0.05) is 0 Å². The SMILES string of the molecule is Nc1nnc(SCOCc2ccccc2)s1. The minimum absolute atomic E-state index is 0.491. The summed E-state index contributed by atoms with van der Waals surface area (Å²) in [6.45, 7) is 0.613. The maximum atomic E-state index is 5.49. The number of ether oxygens (including phenoxy) is 1. The van der Waals surface area contributed by atoms with E-state index in [-0.39, 0.29) is 0 Å². The molecule has 2 N–H and O–H groups in total. The van der Waals surface area contributed by atoms with E-state index in [4.69, 9.17) is 10.5 Å². The minimum Gasteiger partial charge on any atom is -0.374 e. The van der Waals surface area contributed by atoms with Crippen molar-refractivity contribution in [3.8, 4) is 0 Å². The van der Waals surface area contributed by atoms with E-state index in [2.05, 4.69) is 10.2 Å². The molecule has 0 saturated carbocycles. The smallest absolute Gasteiger partial charge is 0.203 e. The molecule has 2 aromatic rings. The number of nitrogen functional groups attached to an aromatic ring is 1. The van der Waals surface area contributed by atoms with Crippen molar-refractivity contribution in [1.29, 1.82) is 0 Å². The Morgan fingerprint density at radius 1 is 1.25 bits per heavy atom.